The minimum atomic E-state index is -1.35. The molecule has 1 heterocycles. The fourth-order valence-electron chi connectivity index (χ4n) is 3.03. The zero-order valence-corrected chi connectivity index (χ0v) is 18.6. The number of carbonyl (C=O) groups excluding carboxylic acids is 2. The average Bonchev–Trinajstić information content (AvgIpc) is 2.85. The summed E-state index contributed by atoms with van der Waals surface area (Å²) in [5.74, 6) is -3.87. The molecule has 0 unspecified atom stereocenters. The summed E-state index contributed by atoms with van der Waals surface area (Å²) in [6.07, 6.45) is 0.429. The largest absolute Gasteiger partial charge is 0.508 e. The number of fused-ring (bicyclic) bond motifs is 1. The lowest BCUT2D eigenvalue weighted by Gasteiger charge is -2.12. The van der Waals surface area contributed by atoms with Crippen LogP contribution >= 0.6 is 0 Å². The molecular formula is C24H19F3N2O7. The fraction of sp³-hybridized carbons (Fsp3) is 0.125. The van der Waals surface area contributed by atoms with Crippen molar-refractivity contribution in [3.63, 3.8) is 0 Å². The molecule has 0 aliphatic carbocycles. The van der Waals surface area contributed by atoms with Gasteiger partial charge in [0.2, 0.25) is 0 Å². The van der Waals surface area contributed by atoms with Gasteiger partial charge in [-0.25, -0.2) is 22.8 Å². The van der Waals surface area contributed by atoms with Crippen molar-refractivity contribution in [1.82, 2.24) is 0 Å². The molecule has 0 atom stereocenters. The molecule has 188 valence electrons. The third-order valence-electron chi connectivity index (χ3n) is 4.66. The van der Waals surface area contributed by atoms with Crippen LogP contribution in [0, 0.1) is 17.5 Å². The molecule has 1 aromatic heterocycles. The van der Waals surface area contributed by atoms with E-state index in [1.165, 1.54) is 18.2 Å². The Morgan fingerprint density at radius 3 is 2.39 bits per heavy atom. The summed E-state index contributed by atoms with van der Waals surface area (Å²) in [5.41, 5.74) is 2.28. The molecule has 1 amide bonds. The second-order valence-electron chi connectivity index (χ2n) is 7.04. The summed E-state index contributed by atoms with van der Waals surface area (Å²) in [6, 6.07) is 4.23. The number of nitrogen functional groups attached to an aromatic ring is 1. The number of hydrogen-bond acceptors (Lipinski definition) is 8. The Bertz CT molecular complexity index is 1420. The van der Waals surface area contributed by atoms with Crippen molar-refractivity contribution >= 4 is 34.6 Å². The van der Waals surface area contributed by atoms with Crippen molar-refractivity contribution in [2.75, 3.05) is 24.3 Å². The first kappa shape index (κ1) is 25.9. The van der Waals surface area contributed by atoms with Gasteiger partial charge in [0.1, 0.15) is 31.4 Å². The molecule has 0 spiro atoms. The number of hydrogen-bond donors (Lipinski definition) is 2. The highest BCUT2D eigenvalue weighted by molar-refractivity contribution is 5.91. The normalized spacial score (nSPS) is 10.5. The van der Waals surface area contributed by atoms with Crippen molar-refractivity contribution in [2.24, 2.45) is 0 Å². The number of nitrogens with two attached hydrogens (primary N) is 1. The lowest BCUT2D eigenvalue weighted by atomic mass is 10.1. The van der Waals surface area contributed by atoms with Crippen LogP contribution in [0.4, 0.5) is 34.1 Å². The standard InChI is InChI=1S/C24H19F3N2O7/c1-3-7-33-23(31)29-15-6-5-12(9-14(15)25)17-10-16(30)18-21(28)19(26)13(20(27)22(18)36-17)11-35-24(32)34-8-4-2/h3-6,9-10H,1-2,7-8,11,28H2,(H,29,31). The molecule has 3 aromatic rings. The third-order valence-corrected chi connectivity index (χ3v) is 4.66. The number of carbonyl (C=O) groups is 2. The second kappa shape index (κ2) is 11.1. The van der Waals surface area contributed by atoms with Crippen LogP contribution in [-0.2, 0) is 20.8 Å². The van der Waals surface area contributed by atoms with E-state index in [0.29, 0.717) is 0 Å². The molecule has 3 N–H and O–H groups in total. The van der Waals surface area contributed by atoms with Gasteiger partial charge in [-0.2, -0.15) is 0 Å². The molecule has 3 rings (SSSR count). The summed E-state index contributed by atoms with van der Waals surface area (Å²) in [4.78, 5) is 35.7. The van der Waals surface area contributed by atoms with Gasteiger partial charge in [0.05, 0.1) is 22.3 Å². The van der Waals surface area contributed by atoms with Crippen LogP contribution in [0.15, 0.2) is 58.8 Å². The van der Waals surface area contributed by atoms with Crippen LogP contribution in [0.3, 0.4) is 0 Å². The van der Waals surface area contributed by atoms with E-state index in [2.05, 4.69) is 27.9 Å². The van der Waals surface area contributed by atoms with E-state index in [-0.39, 0.29) is 30.2 Å². The van der Waals surface area contributed by atoms with Crippen LogP contribution in [0.5, 0.6) is 0 Å². The summed E-state index contributed by atoms with van der Waals surface area (Å²) in [6.45, 7) is 5.52. The smallest absolute Gasteiger partial charge is 0.453 e. The average molecular weight is 504 g/mol. The SMILES string of the molecule is C=CCOC(=O)Nc1ccc(-c2cc(=O)c3c(N)c(F)c(COC(=O)OCC=C)c(F)c3o2)cc1F. The number of anilines is 2. The maximum atomic E-state index is 15.2. The quantitative estimate of drug-likeness (QED) is 0.248. The van der Waals surface area contributed by atoms with Crippen molar-refractivity contribution in [3.8, 4) is 11.3 Å². The van der Waals surface area contributed by atoms with Crippen LogP contribution in [0.2, 0.25) is 0 Å². The summed E-state index contributed by atoms with van der Waals surface area (Å²) >= 11 is 0. The van der Waals surface area contributed by atoms with Gasteiger partial charge in [-0.1, -0.05) is 25.3 Å². The number of halogens is 3. The summed E-state index contributed by atoms with van der Waals surface area (Å²) in [5, 5.41) is 1.59. The Morgan fingerprint density at radius 1 is 1.03 bits per heavy atom. The number of amides is 1. The van der Waals surface area contributed by atoms with Gasteiger partial charge >= 0.3 is 12.2 Å². The lowest BCUT2D eigenvalue weighted by molar-refractivity contribution is 0.0562. The highest BCUT2D eigenvalue weighted by atomic mass is 19.1. The van der Waals surface area contributed by atoms with Crippen LogP contribution in [0.1, 0.15) is 5.56 Å². The highest BCUT2D eigenvalue weighted by Crippen LogP contribution is 2.33. The zero-order chi connectivity index (χ0) is 26.4. The fourth-order valence-corrected chi connectivity index (χ4v) is 3.03. The Labute approximate surface area is 201 Å². The van der Waals surface area contributed by atoms with Gasteiger partial charge < -0.3 is 24.4 Å². The molecule has 0 saturated heterocycles. The Kier molecular flexibility index (Phi) is 8.00. The molecule has 0 aliphatic rings. The minimum Gasteiger partial charge on any atom is -0.453 e. The molecule has 0 saturated carbocycles. The number of ether oxygens (including phenoxy) is 3. The van der Waals surface area contributed by atoms with E-state index in [0.717, 1.165) is 18.2 Å². The maximum absolute atomic E-state index is 15.2. The van der Waals surface area contributed by atoms with E-state index >= 15 is 4.39 Å². The number of benzene rings is 2. The predicted molar refractivity (Wildman–Crippen MR) is 124 cm³/mol. The first-order valence-corrected chi connectivity index (χ1v) is 10.2. The molecule has 0 fully saturated rings. The molecule has 2 aromatic carbocycles. The van der Waals surface area contributed by atoms with Gasteiger partial charge in [0.25, 0.3) is 0 Å². The van der Waals surface area contributed by atoms with E-state index in [1.807, 2.05) is 0 Å². The predicted octanol–water partition coefficient (Wildman–Crippen LogP) is 5.03. The molecule has 0 bridgehead atoms. The van der Waals surface area contributed by atoms with E-state index in [4.69, 9.17) is 14.9 Å². The van der Waals surface area contributed by atoms with Crippen molar-refractivity contribution in [2.45, 2.75) is 6.61 Å². The maximum Gasteiger partial charge on any atom is 0.508 e. The molecule has 0 aliphatic heterocycles. The van der Waals surface area contributed by atoms with Gasteiger partial charge in [-0.15, -0.1) is 0 Å². The summed E-state index contributed by atoms with van der Waals surface area (Å²) < 4.78 is 63.8. The molecular weight excluding hydrogens is 485 g/mol. The molecule has 12 heteroatoms. The number of rotatable bonds is 8. The first-order chi connectivity index (χ1) is 17.2. The van der Waals surface area contributed by atoms with Crippen molar-refractivity contribution in [3.05, 3.63) is 82.8 Å². The van der Waals surface area contributed by atoms with Crippen LogP contribution < -0.4 is 16.5 Å². The van der Waals surface area contributed by atoms with Crippen LogP contribution in [-0.4, -0.2) is 25.5 Å². The topological polar surface area (TPSA) is 130 Å². The first-order valence-electron chi connectivity index (χ1n) is 10.2. The molecule has 9 nitrogen and oxygen atoms in total. The Morgan fingerprint density at radius 2 is 1.72 bits per heavy atom. The van der Waals surface area contributed by atoms with Crippen molar-refractivity contribution in [1.29, 1.82) is 0 Å². The second-order valence-corrected chi connectivity index (χ2v) is 7.04. The van der Waals surface area contributed by atoms with Gasteiger partial charge in [-0.05, 0) is 18.2 Å². The highest BCUT2D eigenvalue weighted by Gasteiger charge is 2.24. The molecule has 0 radical (unpaired) electrons. The van der Waals surface area contributed by atoms with E-state index in [9.17, 15) is 23.2 Å². The lowest BCUT2D eigenvalue weighted by Crippen LogP contribution is -2.14. The van der Waals surface area contributed by atoms with Gasteiger partial charge in [0.15, 0.2) is 22.6 Å². The Balaban J connectivity index is 2.00. The monoisotopic (exact) mass is 504 g/mol. The van der Waals surface area contributed by atoms with E-state index in [1.54, 1.807) is 0 Å². The van der Waals surface area contributed by atoms with Gasteiger partial charge in [0, 0.05) is 11.6 Å². The van der Waals surface area contributed by atoms with E-state index < -0.39 is 64.0 Å². The number of nitrogens with one attached hydrogen (secondary N) is 1. The van der Waals surface area contributed by atoms with Crippen molar-refractivity contribution < 1.29 is 41.4 Å². The summed E-state index contributed by atoms with van der Waals surface area (Å²) in [7, 11) is 0. The molecule has 36 heavy (non-hydrogen) atoms. The third kappa shape index (κ3) is 5.49. The Hall–Kier alpha value is -4.74. The zero-order valence-electron chi connectivity index (χ0n) is 18.6. The minimum absolute atomic E-state index is 0.00962. The van der Waals surface area contributed by atoms with Crippen LogP contribution in [0.25, 0.3) is 22.3 Å². The van der Waals surface area contributed by atoms with Gasteiger partial charge in [-0.3, -0.25) is 10.1 Å².